The van der Waals surface area contributed by atoms with E-state index in [2.05, 4.69) is 4.90 Å². The van der Waals surface area contributed by atoms with Crippen LogP contribution in [-0.2, 0) is 41.2 Å². The molecule has 0 aliphatic carbocycles. The maximum atomic E-state index is 14.0. The van der Waals surface area contributed by atoms with Crippen LogP contribution in [0, 0.1) is 5.82 Å². The van der Waals surface area contributed by atoms with Crippen molar-refractivity contribution in [2.75, 3.05) is 52.3 Å². The van der Waals surface area contributed by atoms with Crippen molar-refractivity contribution in [3.8, 4) is 16.9 Å². The van der Waals surface area contributed by atoms with Gasteiger partial charge >= 0.3 is 5.97 Å². The number of sulfonamides is 1. The van der Waals surface area contributed by atoms with Crippen LogP contribution in [-0.4, -0.2) is 95.3 Å². The fourth-order valence-corrected chi connectivity index (χ4v) is 9.71. The van der Waals surface area contributed by atoms with Crippen molar-refractivity contribution in [3.05, 3.63) is 82.0 Å². The lowest BCUT2D eigenvalue weighted by Crippen LogP contribution is -2.40. The number of halogens is 2. The number of hydrogen-bond donors (Lipinski definition) is 1. The average molecular weight is 766 g/mol. The number of nitrogens with zero attached hydrogens (tertiary/aromatic N) is 5. The molecular formula is C39H45ClFN5O6S. The Kier molecular flexibility index (Phi) is 10.8. The second-order valence-corrected chi connectivity index (χ2v) is 16.4. The van der Waals surface area contributed by atoms with Crippen LogP contribution >= 0.6 is 11.6 Å². The number of fused-ring (bicyclic) bond motifs is 3. The van der Waals surface area contributed by atoms with Crippen molar-refractivity contribution in [3.63, 3.8) is 0 Å². The van der Waals surface area contributed by atoms with E-state index in [0.29, 0.717) is 85.2 Å². The fourth-order valence-electron chi connectivity index (χ4n) is 8.09. The van der Waals surface area contributed by atoms with Gasteiger partial charge in [-0.15, -0.1) is 0 Å². The molecule has 0 saturated carbocycles. The zero-order chi connectivity index (χ0) is 37.4. The minimum atomic E-state index is -3.78. The van der Waals surface area contributed by atoms with Gasteiger partial charge in [0, 0.05) is 67.9 Å². The van der Waals surface area contributed by atoms with Crippen molar-refractivity contribution in [1.82, 2.24) is 23.6 Å². The van der Waals surface area contributed by atoms with Crippen molar-refractivity contribution in [2.24, 2.45) is 7.05 Å². The highest BCUT2D eigenvalue weighted by molar-refractivity contribution is 7.89. The number of carbonyl (C=O) groups is 1. The quantitative estimate of drug-likeness (QED) is 0.156. The Morgan fingerprint density at radius 3 is 2.60 bits per heavy atom. The first-order valence-electron chi connectivity index (χ1n) is 18.2. The standard InChI is InChI=1S/C39H45ClFN5O6S/c1-4-31-35-34-30(40)14-13-29-28(9-6-20-52-33-10-5-8-25-24-26(41)11-12-27(25)33)38(39(47)48)46(37(29)34)16-7-23-53(49,50)44(3)32(36(35)42-43(31)2)15-17-45-18-21-51-22-19-45/h5,8,10-14,24,32H,4,6-7,9,15-23H2,1-3H3,(H,47,48)/t32-/m0/s1. The summed E-state index contributed by atoms with van der Waals surface area (Å²) in [6, 6.07) is 13.1. The van der Waals surface area contributed by atoms with Gasteiger partial charge in [0.25, 0.3) is 0 Å². The first kappa shape index (κ1) is 37.3. The highest BCUT2D eigenvalue weighted by Crippen LogP contribution is 2.45. The number of benzene rings is 3. The summed E-state index contributed by atoms with van der Waals surface area (Å²) < 4.78 is 58.7. The molecule has 7 rings (SSSR count). The van der Waals surface area contributed by atoms with Gasteiger partial charge in [0.2, 0.25) is 10.0 Å². The molecule has 53 heavy (non-hydrogen) atoms. The van der Waals surface area contributed by atoms with Gasteiger partial charge in [-0.3, -0.25) is 9.58 Å². The Hall–Kier alpha value is -4.01. The molecule has 4 heterocycles. The zero-order valence-corrected chi connectivity index (χ0v) is 31.8. The molecule has 0 unspecified atom stereocenters. The average Bonchev–Trinajstić information content (AvgIpc) is 3.63. The van der Waals surface area contributed by atoms with Gasteiger partial charge in [0.05, 0.1) is 47.8 Å². The number of hydrogen-bond acceptors (Lipinski definition) is 7. The molecule has 0 amide bonds. The smallest absolute Gasteiger partial charge is 0.352 e. The lowest BCUT2D eigenvalue weighted by atomic mass is 9.94. The predicted octanol–water partition coefficient (Wildman–Crippen LogP) is 6.69. The molecule has 14 heteroatoms. The lowest BCUT2D eigenvalue weighted by Gasteiger charge is -2.31. The Morgan fingerprint density at radius 1 is 1.08 bits per heavy atom. The number of aromatic nitrogens is 3. The summed E-state index contributed by atoms with van der Waals surface area (Å²) in [5.41, 5.74) is 4.32. The van der Waals surface area contributed by atoms with E-state index in [1.165, 1.54) is 16.4 Å². The van der Waals surface area contributed by atoms with E-state index in [9.17, 15) is 22.7 Å². The van der Waals surface area contributed by atoms with Crippen LogP contribution in [0.2, 0.25) is 5.02 Å². The van der Waals surface area contributed by atoms with E-state index in [4.69, 9.17) is 26.2 Å². The topological polar surface area (TPSA) is 119 Å². The molecule has 1 N–H and O–H groups in total. The normalized spacial score (nSPS) is 18.2. The zero-order valence-electron chi connectivity index (χ0n) is 30.3. The number of aromatic carboxylic acids is 1. The maximum absolute atomic E-state index is 14.0. The molecule has 0 radical (unpaired) electrons. The molecule has 11 nitrogen and oxygen atoms in total. The van der Waals surface area contributed by atoms with Gasteiger partial charge in [-0.05, 0) is 73.4 Å². The first-order valence-corrected chi connectivity index (χ1v) is 20.2. The molecule has 282 valence electrons. The minimum Gasteiger partial charge on any atom is -0.493 e. The summed E-state index contributed by atoms with van der Waals surface area (Å²) in [6.45, 7) is 5.95. The van der Waals surface area contributed by atoms with Gasteiger partial charge in [-0.1, -0.05) is 36.7 Å². The van der Waals surface area contributed by atoms with E-state index in [1.807, 2.05) is 44.3 Å². The number of carboxylic acids is 1. The van der Waals surface area contributed by atoms with Crippen LogP contribution in [0.1, 0.15) is 59.7 Å². The monoisotopic (exact) mass is 765 g/mol. The fraction of sp³-hybridized carbons (Fsp3) is 0.436. The van der Waals surface area contributed by atoms with Gasteiger partial charge in [-0.25, -0.2) is 17.6 Å². The largest absolute Gasteiger partial charge is 0.493 e. The minimum absolute atomic E-state index is 0.113. The molecule has 0 spiro atoms. The summed E-state index contributed by atoms with van der Waals surface area (Å²) >= 11 is 7.17. The molecule has 3 aromatic carbocycles. The Labute approximate surface area is 313 Å². The predicted molar refractivity (Wildman–Crippen MR) is 204 cm³/mol. The summed E-state index contributed by atoms with van der Waals surface area (Å²) in [7, 11) is -0.289. The van der Waals surface area contributed by atoms with E-state index < -0.39 is 22.0 Å². The van der Waals surface area contributed by atoms with E-state index in [0.717, 1.165) is 40.5 Å². The van der Waals surface area contributed by atoms with Crippen LogP contribution in [0.25, 0.3) is 32.8 Å². The third-order valence-corrected chi connectivity index (χ3v) is 12.9. The van der Waals surface area contributed by atoms with Crippen molar-refractivity contribution >= 4 is 49.3 Å². The van der Waals surface area contributed by atoms with Gasteiger partial charge in [0.1, 0.15) is 17.3 Å². The molecule has 2 aromatic heterocycles. The lowest BCUT2D eigenvalue weighted by molar-refractivity contribution is 0.0351. The van der Waals surface area contributed by atoms with Crippen LogP contribution in [0.3, 0.4) is 0 Å². The molecule has 0 bridgehead atoms. The first-order chi connectivity index (χ1) is 25.5. The van der Waals surface area contributed by atoms with Crippen molar-refractivity contribution < 1.29 is 32.2 Å². The summed E-state index contributed by atoms with van der Waals surface area (Å²) in [5.74, 6) is -0.962. The van der Waals surface area contributed by atoms with Crippen molar-refractivity contribution in [2.45, 2.75) is 51.6 Å². The molecule has 5 aromatic rings. The summed E-state index contributed by atoms with van der Waals surface area (Å²) in [5, 5.41) is 18.5. The van der Waals surface area contributed by atoms with Gasteiger partial charge < -0.3 is 19.1 Å². The second kappa shape index (κ2) is 15.4. The van der Waals surface area contributed by atoms with Gasteiger partial charge in [0.15, 0.2) is 0 Å². The van der Waals surface area contributed by atoms with Crippen LogP contribution in [0.15, 0.2) is 48.5 Å². The number of ether oxygens (including phenoxy) is 2. The third-order valence-electron chi connectivity index (χ3n) is 10.7. The molecular weight excluding hydrogens is 721 g/mol. The number of aryl methyl sites for hydroxylation is 3. The van der Waals surface area contributed by atoms with Gasteiger partial charge in [-0.2, -0.15) is 9.40 Å². The summed E-state index contributed by atoms with van der Waals surface area (Å²) in [6.07, 6.45) is 2.19. The van der Waals surface area contributed by atoms with E-state index in [1.54, 1.807) is 22.4 Å². The van der Waals surface area contributed by atoms with Crippen LogP contribution < -0.4 is 4.74 Å². The number of morpholine rings is 1. The molecule has 1 fully saturated rings. The van der Waals surface area contributed by atoms with Crippen LogP contribution in [0.5, 0.6) is 5.75 Å². The Bertz CT molecular complexity index is 2280. The van der Waals surface area contributed by atoms with Crippen LogP contribution in [0.4, 0.5) is 4.39 Å². The Morgan fingerprint density at radius 2 is 1.85 bits per heavy atom. The van der Waals surface area contributed by atoms with Crippen molar-refractivity contribution in [1.29, 1.82) is 0 Å². The highest BCUT2D eigenvalue weighted by Gasteiger charge is 2.36. The highest BCUT2D eigenvalue weighted by atomic mass is 35.5. The summed E-state index contributed by atoms with van der Waals surface area (Å²) in [4.78, 5) is 15.5. The van der Waals surface area contributed by atoms with E-state index in [-0.39, 0.29) is 30.2 Å². The SMILES string of the molecule is CCc1c2c(nn1C)[C@H](CCN1CCOCC1)N(C)S(=O)(=O)CCCn1c(C(=O)O)c(CCCOc3cccc4cc(F)ccc34)c3ccc(Cl)c-2c31. The second-order valence-electron chi connectivity index (χ2n) is 13.8. The number of rotatable bonds is 10. The molecule has 1 atom stereocenters. The Balaban J connectivity index is 1.33. The molecule has 2 aliphatic rings. The third kappa shape index (κ3) is 7.17. The molecule has 1 saturated heterocycles. The van der Waals surface area contributed by atoms with E-state index >= 15 is 0 Å². The maximum Gasteiger partial charge on any atom is 0.352 e. The molecule has 2 aliphatic heterocycles. The number of carboxylic acid groups (broad SMARTS) is 1.